The lowest BCUT2D eigenvalue weighted by atomic mass is 10.1. The molecule has 0 saturated carbocycles. The molecule has 3 rings (SSSR count). The standard InChI is InChI=1S/C19H27N5OS/c1-2-6-17-20-21-19(26)24(17)15-18(25)23-13-11-22(12-14-23)10-9-16-7-4-3-5-8-16/h3-5,7-8H,2,6,9-15H2,1H3,(H,21,26). The fourth-order valence-electron chi connectivity index (χ4n) is 3.32. The minimum Gasteiger partial charge on any atom is -0.339 e. The molecule has 1 amide bonds. The number of amides is 1. The van der Waals surface area contributed by atoms with Crippen LogP contribution in [-0.2, 0) is 24.2 Å². The van der Waals surface area contributed by atoms with Crippen LogP contribution < -0.4 is 0 Å². The SMILES string of the molecule is CCCc1n[nH]c(=S)n1CC(=O)N1CCN(CCc2ccccc2)CC1. The molecule has 1 saturated heterocycles. The van der Waals surface area contributed by atoms with Gasteiger partial charge in [-0.25, -0.2) is 0 Å². The molecule has 0 bridgehead atoms. The van der Waals surface area contributed by atoms with E-state index in [2.05, 4.69) is 46.3 Å². The maximum absolute atomic E-state index is 12.7. The molecule has 1 aliphatic heterocycles. The number of piperazine rings is 1. The number of nitrogens with zero attached hydrogens (tertiary/aromatic N) is 4. The summed E-state index contributed by atoms with van der Waals surface area (Å²) in [6.45, 7) is 6.84. The lowest BCUT2D eigenvalue weighted by Crippen LogP contribution is -2.50. The second-order valence-electron chi connectivity index (χ2n) is 6.74. The topological polar surface area (TPSA) is 57.2 Å². The van der Waals surface area contributed by atoms with Gasteiger partial charge >= 0.3 is 0 Å². The number of benzene rings is 1. The molecule has 0 aliphatic carbocycles. The summed E-state index contributed by atoms with van der Waals surface area (Å²) in [7, 11) is 0. The van der Waals surface area contributed by atoms with Gasteiger partial charge in [-0.3, -0.25) is 19.4 Å². The van der Waals surface area contributed by atoms with Crippen molar-refractivity contribution in [3.63, 3.8) is 0 Å². The first kappa shape index (κ1) is 18.8. The Morgan fingerprint density at radius 3 is 2.58 bits per heavy atom. The largest absolute Gasteiger partial charge is 0.339 e. The van der Waals surface area contributed by atoms with Crippen LogP contribution in [0.5, 0.6) is 0 Å². The highest BCUT2D eigenvalue weighted by atomic mass is 32.1. The highest BCUT2D eigenvalue weighted by Gasteiger charge is 2.22. The van der Waals surface area contributed by atoms with E-state index >= 15 is 0 Å². The van der Waals surface area contributed by atoms with E-state index in [0.717, 1.165) is 57.8 Å². The van der Waals surface area contributed by atoms with Gasteiger partial charge in [-0.1, -0.05) is 37.3 Å². The third kappa shape index (κ3) is 4.80. The van der Waals surface area contributed by atoms with E-state index in [4.69, 9.17) is 12.2 Å². The Bertz CT molecular complexity index is 762. The van der Waals surface area contributed by atoms with E-state index in [9.17, 15) is 4.79 Å². The van der Waals surface area contributed by atoms with E-state index in [-0.39, 0.29) is 12.5 Å². The Kier molecular flexibility index (Phi) is 6.57. The predicted octanol–water partition coefficient (Wildman–Crippen LogP) is 2.28. The van der Waals surface area contributed by atoms with E-state index in [1.165, 1.54) is 5.56 Å². The van der Waals surface area contributed by atoms with Gasteiger partial charge in [-0.05, 0) is 30.6 Å². The molecule has 1 aromatic carbocycles. The van der Waals surface area contributed by atoms with Crippen molar-refractivity contribution in [3.05, 3.63) is 46.5 Å². The summed E-state index contributed by atoms with van der Waals surface area (Å²) in [6.07, 6.45) is 2.86. The van der Waals surface area contributed by atoms with Crippen molar-refractivity contribution >= 4 is 18.1 Å². The van der Waals surface area contributed by atoms with E-state index < -0.39 is 0 Å². The van der Waals surface area contributed by atoms with Crippen LogP contribution in [0.1, 0.15) is 24.7 Å². The van der Waals surface area contributed by atoms with Crippen molar-refractivity contribution < 1.29 is 4.79 Å². The highest BCUT2D eigenvalue weighted by Crippen LogP contribution is 2.08. The number of aromatic nitrogens is 3. The molecule has 0 atom stereocenters. The average Bonchev–Trinajstić information content (AvgIpc) is 3.01. The van der Waals surface area contributed by atoms with Gasteiger partial charge in [-0.15, -0.1) is 0 Å². The first-order chi connectivity index (χ1) is 12.7. The molecule has 0 spiro atoms. The maximum atomic E-state index is 12.7. The minimum atomic E-state index is 0.127. The molecule has 0 unspecified atom stereocenters. The second-order valence-corrected chi connectivity index (χ2v) is 7.13. The van der Waals surface area contributed by atoms with Crippen LogP contribution >= 0.6 is 12.2 Å². The normalized spacial score (nSPS) is 15.3. The number of carbonyl (C=O) groups excluding carboxylic acids is 1. The molecule has 2 aromatic rings. The molecule has 0 radical (unpaired) electrons. The molecule has 6 nitrogen and oxygen atoms in total. The average molecular weight is 374 g/mol. The number of aryl methyl sites for hydroxylation is 1. The van der Waals surface area contributed by atoms with Gasteiger partial charge in [0.15, 0.2) is 4.77 Å². The van der Waals surface area contributed by atoms with Crippen LogP contribution in [0.25, 0.3) is 0 Å². The number of H-pyrrole nitrogens is 1. The third-order valence-electron chi connectivity index (χ3n) is 4.89. The molecule has 2 heterocycles. The number of aromatic amines is 1. The summed E-state index contributed by atoms with van der Waals surface area (Å²) >= 11 is 5.27. The summed E-state index contributed by atoms with van der Waals surface area (Å²) in [5, 5.41) is 7.04. The summed E-state index contributed by atoms with van der Waals surface area (Å²) < 4.78 is 2.37. The van der Waals surface area contributed by atoms with Crippen LogP contribution in [0.2, 0.25) is 0 Å². The Hall–Kier alpha value is -1.99. The zero-order valence-corrected chi connectivity index (χ0v) is 16.2. The Morgan fingerprint density at radius 2 is 1.88 bits per heavy atom. The molecular weight excluding hydrogens is 346 g/mol. The molecule has 1 aliphatic rings. The summed E-state index contributed by atoms with van der Waals surface area (Å²) in [4.78, 5) is 17.0. The number of hydrogen-bond acceptors (Lipinski definition) is 4. The van der Waals surface area contributed by atoms with Crippen LogP contribution in [0.4, 0.5) is 0 Å². The Balaban J connectivity index is 1.48. The van der Waals surface area contributed by atoms with Crippen molar-refractivity contribution in [2.24, 2.45) is 0 Å². The first-order valence-corrected chi connectivity index (χ1v) is 9.76. The zero-order valence-electron chi connectivity index (χ0n) is 15.4. The fourth-order valence-corrected chi connectivity index (χ4v) is 3.53. The van der Waals surface area contributed by atoms with Gasteiger partial charge in [0.1, 0.15) is 12.4 Å². The van der Waals surface area contributed by atoms with Gasteiger partial charge in [0, 0.05) is 39.1 Å². The van der Waals surface area contributed by atoms with Crippen LogP contribution in [0.3, 0.4) is 0 Å². The van der Waals surface area contributed by atoms with Crippen molar-refractivity contribution in [3.8, 4) is 0 Å². The Morgan fingerprint density at radius 1 is 1.15 bits per heavy atom. The minimum absolute atomic E-state index is 0.127. The predicted molar refractivity (Wildman–Crippen MR) is 105 cm³/mol. The zero-order chi connectivity index (χ0) is 18.4. The van der Waals surface area contributed by atoms with Gasteiger partial charge in [0.05, 0.1) is 0 Å². The molecule has 1 fully saturated rings. The monoisotopic (exact) mass is 373 g/mol. The smallest absolute Gasteiger partial charge is 0.242 e. The highest BCUT2D eigenvalue weighted by molar-refractivity contribution is 7.71. The summed E-state index contributed by atoms with van der Waals surface area (Å²) in [5.41, 5.74) is 1.36. The van der Waals surface area contributed by atoms with Crippen LogP contribution in [0, 0.1) is 4.77 Å². The Labute approximate surface area is 159 Å². The van der Waals surface area contributed by atoms with Crippen molar-refractivity contribution in [2.45, 2.75) is 32.7 Å². The van der Waals surface area contributed by atoms with E-state index in [1.807, 2.05) is 15.5 Å². The van der Waals surface area contributed by atoms with Crippen LogP contribution in [-0.4, -0.2) is 63.2 Å². The number of carbonyl (C=O) groups is 1. The summed E-state index contributed by atoms with van der Waals surface area (Å²) in [6, 6.07) is 10.6. The molecule has 140 valence electrons. The lowest BCUT2D eigenvalue weighted by molar-refractivity contribution is -0.133. The summed E-state index contributed by atoms with van der Waals surface area (Å²) in [5.74, 6) is 0.995. The molecule has 1 N–H and O–H groups in total. The molecule has 26 heavy (non-hydrogen) atoms. The lowest BCUT2D eigenvalue weighted by Gasteiger charge is -2.34. The third-order valence-corrected chi connectivity index (χ3v) is 5.20. The van der Waals surface area contributed by atoms with Crippen molar-refractivity contribution in [1.29, 1.82) is 0 Å². The van der Waals surface area contributed by atoms with E-state index in [0.29, 0.717) is 4.77 Å². The number of nitrogens with one attached hydrogen (secondary N) is 1. The van der Waals surface area contributed by atoms with Gasteiger partial charge < -0.3 is 4.90 Å². The number of rotatable bonds is 7. The molecule has 7 heteroatoms. The quantitative estimate of drug-likeness (QED) is 0.757. The van der Waals surface area contributed by atoms with Crippen molar-refractivity contribution in [1.82, 2.24) is 24.6 Å². The van der Waals surface area contributed by atoms with Gasteiger partial charge in [0.2, 0.25) is 5.91 Å². The molecule has 1 aromatic heterocycles. The van der Waals surface area contributed by atoms with Crippen molar-refractivity contribution in [2.75, 3.05) is 32.7 Å². The van der Waals surface area contributed by atoms with Crippen LogP contribution in [0.15, 0.2) is 30.3 Å². The maximum Gasteiger partial charge on any atom is 0.242 e. The number of hydrogen-bond donors (Lipinski definition) is 1. The fraction of sp³-hybridized carbons (Fsp3) is 0.526. The molecular formula is C19H27N5OS. The van der Waals surface area contributed by atoms with Gasteiger partial charge in [0.25, 0.3) is 0 Å². The van der Waals surface area contributed by atoms with E-state index in [1.54, 1.807) is 0 Å². The first-order valence-electron chi connectivity index (χ1n) is 9.35. The van der Waals surface area contributed by atoms with Gasteiger partial charge in [-0.2, -0.15) is 5.10 Å². The second kappa shape index (κ2) is 9.09.